The van der Waals surface area contributed by atoms with Gasteiger partial charge in [-0.25, -0.2) is 8.42 Å². The SMILES string of the molecule is Cc1cc(C)c(NC(=O)CN2CCN(S(=O)(=O)c3cc(C)ccc3C)CC2)c(C)c1. The number of benzene rings is 2. The Morgan fingerprint density at radius 2 is 1.47 bits per heavy atom. The maximum Gasteiger partial charge on any atom is 0.243 e. The van der Waals surface area contributed by atoms with E-state index < -0.39 is 10.0 Å². The van der Waals surface area contributed by atoms with Crippen molar-refractivity contribution in [3.05, 3.63) is 58.1 Å². The molecule has 30 heavy (non-hydrogen) atoms. The summed E-state index contributed by atoms with van der Waals surface area (Å²) in [5, 5.41) is 3.02. The lowest BCUT2D eigenvalue weighted by atomic mass is 10.1. The molecule has 0 saturated carbocycles. The van der Waals surface area contributed by atoms with Gasteiger partial charge in [0, 0.05) is 31.9 Å². The quantitative estimate of drug-likeness (QED) is 0.793. The van der Waals surface area contributed by atoms with Gasteiger partial charge in [-0.3, -0.25) is 9.69 Å². The molecule has 162 valence electrons. The fourth-order valence-corrected chi connectivity index (χ4v) is 5.74. The van der Waals surface area contributed by atoms with Crippen LogP contribution in [0.15, 0.2) is 35.2 Å². The Balaban J connectivity index is 1.61. The predicted octanol–water partition coefficient (Wildman–Crippen LogP) is 3.17. The minimum atomic E-state index is -3.52. The molecule has 1 aliphatic rings. The zero-order chi connectivity index (χ0) is 22.1. The first kappa shape index (κ1) is 22.5. The van der Waals surface area contributed by atoms with Gasteiger partial charge >= 0.3 is 0 Å². The molecule has 0 aliphatic carbocycles. The molecule has 1 fully saturated rings. The number of carbonyl (C=O) groups excluding carboxylic acids is 1. The predicted molar refractivity (Wildman–Crippen MR) is 120 cm³/mol. The molecule has 1 heterocycles. The zero-order valence-electron chi connectivity index (χ0n) is 18.4. The van der Waals surface area contributed by atoms with Crippen molar-refractivity contribution in [1.29, 1.82) is 0 Å². The van der Waals surface area contributed by atoms with Crippen LogP contribution in [-0.4, -0.2) is 56.3 Å². The highest BCUT2D eigenvalue weighted by molar-refractivity contribution is 7.89. The van der Waals surface area contributed by atoms with Crippen LogP contribution in [-0.2, 0) is 14.8 Å². The van der Waals surface area contributed by atoms with E-state index in [1.807, 2.05) is 51.7 Å². The molecule has 0 bridgehead atoms. The van der Waals surface area contributed by atoms with Gasteiger partial charge in [0.05, 0.1) is 11.4 Å². The Hall–Kier alpha value is -2.22. The van der Waals surface area contributed by atoms with E-state index in [1.165, 1.54) is 9.87 Å². The number of piperazine rings is 1. The summed E-state index contributed by atoms with van der Waals surface area (Å²) >= 11 is 0. The number of sulfonamides is 1. The van der Waals surface area contributed by atoms with Crippen LogP contribution in [0.3, 0.4) is 0 Å². The van der Waals surface area contributed by atoms with Gasteiger partial charge in [0.2, 0.25) is 15.9 Å². The highest BCUT2D eigenvalue weighted by atomic mass is 32.2. The van der Waals surface area contributed by atoms with Crippen LogP contribution < -0.4 is 5.32 Å². The van der Waals surface area contributed by atoms with Crippen LogP contribution in [0.5, 0.6) is 0 Å². The molecule has 2 aromatic rings. The Morgan fingerprint density at radius 3 is 2.07 bits per heavy atom. The van der Waals surface area contributed by atoms with Crippen molar-refractivity contribution in [3.63, 3.8) is 0 Å². The molecule has 7 heteroatoms. The van der Waals surface area contributed by atoms with Crippen molar-refractivity contribution in [2.75, 3.05) is 38.0 Å². The normalized spacial score (nSPS) is 15.9. The molecular weight excluding hydrogens is 398 g/mol. The lowest BCUT2D eigenvalue weighted by molar-refractivity contribution is -0.117. The Kier molecular flexibility index (Phi) is 6.65. The standard InChI is InChI=1S/C23H31N3O3S/c1-16-6-7-18(3)21(14-16)30(28,29)26-10-8-25(9-11-26)15-22(27)24-23-19(4)12-17(2)13-20(23)5/h6-7,12-14H,8-11,15H2,1-5H3,(H,24,27). The van der Waals surface area contributed by atoms with Crippen molar-refractivity contribution in [2.45, 2.75) is 39.5 Å². The van der Waals surface area contributed by atoms with E-state index in [4.69, 9.17) is 0 Å². The van der Waals surface area contributed by atoms with E-state index in [2.05, 4.69) is 17.4 Å². The Bertz CT molecular complexity index is 1030. The highest BCUT2D eigenvalue weighted by Gasteiger charge is 2.30. The van der Waals surface area contributed by atoms with E-state index in [0.717, 1.165) is 27.9 Å². The third-order valence-corrected chi connectivity index (χ3v) is 7.64. The smallest absolute Gasteiger partial charge is 0.243 e. The number of aryl methyl sites for hydroxylation is 5. The number of carbonyl (C=O) groups is 1. The molecule has 0 unspecified atom stereocenters. The molecule has 0 radical (unpaired) electrons. The van der Waals surface area contributed by atoms with Crippen LogP contribution >= 0.6 is 0 Å². The van der Waals surface area contributed by atoms with Gasteiger partial charge in [0.25, 0.3) is 0 Å². The summed E-state index contributed by atoms with van der Waals surface area (Å²) in [6.45, 7) is 11.8. The first-order chi connectivity index (χ1) is 14.1. The van der Waals surface area contributed by atoms with Crippen molar-refractivity contribution in [3.8, 4) is 0 Å². The van der Waals surface area contributed by atoms with Crippen molar-refractivity contribution < 1.29 is 13.2 Å². The summed E-state index contributed by atoms with van der Waals surface area (Å²) in [7, 11) is -3.52. The van der Waals surface area contributed by atoms with Gasteiger partial charge in [-0.2, -0.15) is 4.31 Å². The molecule has 0 spiro atoms. The Morgan fingerprint density at radius 1 is 0.867 bits per heavy atom. The minimum absolute atomic E-state index is 0.0733. The average Bonchev–Trinajstić information content (AvgIpc) is 2.67. The van der Waals surface area contributed by atoms with Crippen molar-refractivity contribution in [2.24, 2.45) is 0 Å². The van der Waals surface area contributed by atoms with Crippen LogP contribution in [0.25, 0.3) is 0 Å². The second kappa shape index (κ2) is 8.88. The molecule has 6 nitrogen and oxygen atoms in total. The van der Waals surface area contributed by atoms with Crippen LogP contribution in [0.1, 0.15) is 27.8 Å². The van der Waals surface area contributed by atoms with E-state index in [0.29, 0.717) is 31.1 Å². The number of amides is 1. The first-order valence-corrected chi connectivity index (χ1v) is 11.7. The molecule has 0 atom stereocenters. The summed E-state index contributed by atoms with van der Waals surface area (Å²) in [4.78, 5) is 14.9. The second-order valence-electron chi connectivity index (χ2n) is 8.27. The molecule has 2 aromatic carbocycles. The Labute approximate surface area is 179 Å². The fraction of sp³-hybridized carbons (Fsp3) is 0.435. The third-order valence-electron chi connectivity index (χ3n) is 5.60. The number of nitrogens with one attached hydrogen (secondary N) is 1. The van der Waals surface area contributed by atoms with E-state index in [-0.39, 0.29) is 12.5 Å². The number of rotatable bonds is 5. The molecule has 1 aliphatic heterocycles. The summed E-state index contributed by atoms with van der Waals surface area (Å²) in [6.07, 6.45) is 0. The van der Waals surface area contributed by atoms with E-state index in [1.54, 1.807) is 6.07 Å². The number of hydrogen-bond donors (Lipinski definition) is 1. The summed E-state index contributed by atoms with van der Waals surface area (Å²) in [5.41, 5.74) is 5.81. The van der Waals surface area contributed by atoms with Crippen LogP contribution in [0.2, 0.25) is 0 Å². The lowest BCUT2D eigenvalue weighted by Gasteiger charge is -2.34. The molecule has 1 amide bonds. The summed E-state index contributed by atoms with van der Waals surface area (Å²) in [6, 6.07) is 9.61. The number of anilines is 1. The van der Waals surface area contributed by atoms with E-state index >= 15 is 0 Å². The van der Waals surface area contributed by atoms with Crippen molar-refractivity contribution >= 4 is 21.6 Å². The van der Waals surface area contributed by atoms with E-state index in [9.17, 15) is 13.2 Å². The topological polar surface area (TPSA) is 69.7 Å². The fourth-order valence-electron chi connectivity index (χ4n) is 4.01. The molecule has 0 aromatic heterocycles. The first-order valence-electron chi connectivity index (χ1n) is 10.3. The second-order valence-corrected chi connectivity index (χ2v) is 10.2. The van der Waals surface area contributed by atoms with Crippen LogP contribution in [0.4, 0.5) is 5.69 Å². The summed E-state index contributed by atoms with van der Waals surface area (Å²) in [5.74, 6) is -0.0733. The third kappa shape index (κ3) is 4.91. The zero-order valence-corrected chi connectivity index (χ0v) is 19.3. The summed E-state index contributed by atoms with van der Waals surface area (Å²) < 4.78 is 27.6. The average molecular weight is 430 g/mol. The van der Waals surface area contributed by atoms with Gasteiger partial charge < -0.3 is 5.32 Å². The lowest BCUT2D eigenvalue weighted by Crippen LogP contribution is -2.50. The van der Waals surface area contributed by atoms with Crippen molar-refractivity contribution in [1.82, 2.24) is 9.21 Å². The maximum absolute atomic E-state index is 13.1. The van der Waals surface area contributed by atoms with Gasteiger partial charge in [0.15, 0.2) is 0 Å². The van der Waals surface area contributed by atoms with Gasteiger partial charge in [-0.15, -0.1) is 0 Å². The van der Waals surface area contributed by atoms with Gasteiger partial charge in [-0.05, 0) is 62.9 Å². The molecule has 1 N–H and O–H groups in total. The van der Waals surface area contributed by atoms with Gasteiger partial charge in [0.1, 0.15) is 0 Å². The number of hydrogen-bond acceptors (Lipinski definition) is 4. The maximum atomic E-state index is 13.1. The minimum Gasteiger partial charge on any atom is -0.324 e. The van der Waals surface area contributed by atoms with Gasteiger partial charge in [-0.1, -0.05) is 29.8 Å². The molecule has 3 rings (SSSR count). The molecular formula is C23H31N3O3S. The highest BCUT2D eigenvalue weighted by Crippen LogP contribution is 2.23. The largest absolute Gasteiger partial charge is 0.324 e. The molecule has 1 saturated heterocycles. The number of nitrogens with zero attached hydrogens (tertiary/aromatic N) is 2. The monoisotopic (exact) mass is 429 g/mol. The van der Waals surface area contributed by atoms with Crippen LogP contribution in [0, 0.1) is 34.6 Å².